The van der Waals surface area contributed by atoms with E-state index in [4.69, 9.17) is 23.9 Å². The zero-order valence-electron chi connectivity index (χ0n) is 18.7. The second-order valence-electron chi connectivity index (χ2n) is 8.09. The molecule has 3 rings (SSSR count). The highest BCUT2D eigenvalue weighted by Gasteiger charge is 2.29. The lowest BCUT2D eigenvalue weighted by Gasteiger charge is -2.30. The number of para-hydroxylation sites is 1. The third-order valence-electron chi connectivity index (χ3n) is 4.99. The van der Waals surface area contributed by atoms with Gasteiger partial charge in [0.2, 0.25) is 6.29 Å². The molecule has 2 heterocycles. The molecule has 0 bridgehead atoms. The van der Waals surface area contributed by atoms with Crippen LogP contribution in [0.5, 0.6) is 5.75 Å². The fourth-order valence-corrected chi connectivity index (χ4v) is 3.74. The number of carbonyl (C=O) groups excluding carboxylic acids is 1. The predicted octanol–water partition coefficient (Wildman–Crippen LogP) is 3.88. The Morgan fingerprint density at radius 3 is 2.74 bits per heavy atom. The van der Waals surface area contributed by atoms with E-state index in [0.29, 0.717) is 36.8 Å². The molecule has 7 nitrogen and oxygen atoms in total. The van der Waals surface area contributed by atoms with Gasteiger partial charge in [-0.25, -0.2) is 4.98 Å². The minimum atomic E-state index is -0.561. The number of benzene rings is 1. The van der Waals surface area contributed by atoms with E-state index < -0.39 is 6.29 Å². The summed E-state index contributed by atoms with van der Waals surface area (Å²) in [6.07, 6.45) is 0.991. The summed E-state index contributed by atoms with van der Waals surface area (Å²) in [5, 5.41) is 0.919. The smallest absolute Gasteiger partial charge is 0.260 e. The summed E-state index contributed by atoms with van der Waals surface area (Å²) in [6, 6.07) is 9.72. The van der Waals surface area contributed by atoms with Gasteiger partial charge in [0.05, 0.1) is 25.5 Å². The van der Waals surface area contributed by atoms with Crippen molar-refractivity contribution in [3.63, 3.8) is 0 Å². The molecule has 0 radical (unpaired) electrons. The molecule has 1 amide bonds. The summed E-state index contributed by atoms with van der Waals surface area (Å²) < 4.78 is 23.0. The second-order valence-corrected chi connectivity index (χ2v) is 8.09. The summed E-state index contributed by atoms with van der Waals surface area (Å²) in [7, 11) is 0. The first-order chi connectivity index (χ1) is 14.9. The molecule has 1 aromatic heterocycles. The molecule has 0 aliphatic carbocycles. The fraction of sp³-hybridized carbons (Fsp3) is 0.500. The molecule has 1 aliphatic rings. The van der Waals surface area contributed by atoms with Gasteiger partial charge >= 0.3 is 0 Å². The van der Waals surface area contributed by atoms with Crippen LogP contribution >= 0.6 is 0 Å². The van der Waals surface area contributed by atoms with Gasteiger partial charge in [0.25, 0.3) is 5.91 Å². The number of ether oxygens (including phenoxy) is 4. The molecule has 168 valence electrons. The zero-order chi connectivity index (χ0) is 22.4. The van der Waals surface area contributed by atoms with E-state index in [9.17, 15) is 4.79 Å². The molecular formula is C24H32N2O5. The normalized spacial score (nSPS) is 18.6. The van der Waals surface area contributed by atoms with Crippen LogP contribution in [0.25, 0.3) is 10.9 Å². The zero-order valence-corrected chi connectivity index (χ0v) is 18.7. The number of aromatic nitrogens is 1. The topological polar surface area (TPSA) is 70.1 Å². The Balaban J connectivity index is 1.72. The first-order valence-electron chi connectivity index (χ1n) is 10.7. The monoisotopic (exact) mass is 428 g/mol. The first-order valence-corrected chi connectivity index (χ1v) is 10.7. The lowest BCUT2D eigenvalue weighted by Crippen LogP contribution is -2.44. The molecule has 2 aromatic rings. The Morgan fingerprint density at radius 1 is 1.26 bits per heavy atom. The predicted molar refractivity (Wildman–Crippen MR) is 119 cm³/mol. The summed E-state index contributed by atoms with van der Waals surface area (Å²) in [5.74, 6) is 0.506. The van der Waals surface area contributed by atoms with Crippen molar-refractivity contribution < 1.29 is 23.7 Å². The van der Waals surface area contributed by atoms with Gasteiger partial charge < -0.3 is 23.8 Å². The van der Waals surface area contributed by atoms with Crippen molar-refractivity contribution in [3.05, 3.63) is 48.7 Å². The van der Waals surface area contributed by atoms with Crippen LogP contribution in [0.4, 0.5) is 0 Å². The molecule has 0 spiro atoms. The number of amides is 1. The maximum atomic E-state index is 12.7. The van der Waals surface area contributed by atoms with Crippen molar-refractivity contribution in [1.29, 1.82) is 0 Å². The average molecular weight is 429 g/mol. The third-order valence-corrected chi connectivity index (χ3v) is 4.99. The maximum Gasteiger partial charge on any atom is 0.260 e. The van der Waals surface area contributed by atoms with E-state index in [1.165, 1.54) is 0 Å². The highest BCUT2D eigenvalue weighted by atomic mass is 16.7. The Kier molecular flexibility index (Phi) is 8.01. The summed E-state index contributed by atoms with van der Waals surface area (Å²) in [6.45, 7) is 13.0. The Labute approximate surface area is 183 Å². The standard InChI is InChI=1S/C24H32N2O5/c1-6-12-28-13-19-14-30-24(31-19)20-11-10-18-8-7-9-21(23(18)25-20)29-15-22(27)26(16(2)3)17(4)5/h6-11,16-17,19,24H,1,12-15H2,2-5H3. The largest absolute Gasteiger partial charge is 0.481 e. The van der Waals surface area contributed by atoms with E-state index in [2.05, 4.69) is 6.58 Å². The van der Waals surface area contributed by atoms with E-state index in [1.807, 2.05) is 62.9 Å². The number of nitrogens with zero attached hydrogens (tertiary/aromatic N) is 2. The lowest BCUT2D eigenvalue weighted by molar-refractivity contribution is -0.136. The highest BCUT2D eigenvalue weighted by Crippen LogP contribution is 2.30. The van der Waals surface area contributed by atoms with Gasteiger partial charge in [-0.1, -0.05) is 24.3 Å². The van der Waals surface area contributed by atoms with Crippen molar-refractivity contribution in [2.75, 3.05) is 26.4 Å². The van der Waals surface area contributed by atoms with Crippen LogP contribution in [0.2, 0.25) is 0 Å². The molecule has 0 saturated carbocycles. The molecule has 0 N–H and O–H groups in total. The third kappa shape index (κ3) is 5.81. The van der Waals surface area contributed by atoms with Crippen molar-refractivity contribution >= 4 is 16.8 Å². The van der Waals surface area contributed by atoms with E-state index in [0.717, 1.165) is 5.39 Å². The van der Waals surface area contributed by atoms with E-state index in [1.54, 1.807) is 6.08 Å². The van der Waals surface area contributed by atoms with Gasteiger partial charge in [0.1, 0.15) is 17.4 Å². The number of carbonyl (C=O) groups is 1. The van der Waals surface area contributed by atoms with Crippen LogP contribution in [0.15, 0.2) is 43.0 Å². The Morgan fingerprint density at radius 2 is 2.03 bits per heavy atom. The number of fused-ring (bicyclic) bond motifs is 1. The van der Waals surface area contributed by atoms with Crippen LogP contribution in [0.1, 0.15) is 39.7 Å². The first kappa shape index (κ1) is 23.2. The summed E-state index contributed by atoms with van der Waals surface area (Å²) >= 11 is 0. The van der Waals surface area contributed by atoms with Crippen molar-refractivity contribution in [2.24, 2.45) is 0 Å². The molecule has 1 aliphatic heterocycles. The van der Waals surface area contributed by atoms with Gasteiger partial charge in [0.15, 0.2) is 6.61 Å². The highest BCUT2D eigenvalue weighted by molar-refractivity contribution is 5.85. The fourth-order valence-electron chi connectivity index (χ4n) is 3.74. The Bertz CT molecular complexity index is 891. The maximum absolute atomic E-state index is 12.7. The molecule has 1 saturated heterocycles. The van der Waals surface area contributed by atoms with Crippen LogP contribution in [0, 0.1) is 0 Å². The van der Waals surface area contributed by atoms with E-state index in [-0.39, 0.29) is 30.7 Å². The van der Waals surface area contributed by atoms with Crippen molar-refractivity contribution in [1.82, 2.24) is 9.88 Å². The lowest BCUT2D eigenvalue weighted by atomic mass is 10.2. The van der Waals surface area contributed by atoms with Gasteiger partial charge in [-0.05, 0) is 39.8 Å². The average Bonchev–Trinajstić information content (AvgIpc) is 3.20. The second kappa shape index (κ2) is 10.7. The van der Waals surface area contributed by atoms with Gasteiger partial charge in [-0.2, -0.15) is 0 Å². The molecule has 31 heavy (non-hydrogen) atoms. The number of pyridine rings is 1. The van der Waals surface area contributed by atoms with Crippen LogP contribution in [-0.4, -0.2) is 60.4 Å². The quantitative estimate of drug-likeness (QED) is 0.423. The molecule has 1 aromatic carbocycles. The van der Waals surface area contributed by atoms with Crippen LogP contribution in [-0.2, 0) is 19.0 Å². The van der Waals surface area contributed by atoms with Gasteiger partial charge in [-0.3, -0.25) is 4.79 Å². The SMILES string of the molecule is C=CCOCC1COC(c2ccc3cccc(OCC(=O)N(C(C)C)C(C)C)c3n2)O1. The molecule has 2 unspecified atom stereocenters. The summed E-state index contributed by atoms with van der Waals surface area (Å²) in [4.78, 5) is 19.2. The summed E-state index contributed by atoms with van der Waals surface area (Å²) in [5.41, 5.74) is 1.33. The molecular weight excluding hydrogens is 396 g/mol. The van der Waals surface area contributed by atoms with Crippen LogP contribution in [0.3, 0.4) is 0 Å². The molecule has 2 atom stereocenters. The number of hydrogen-bond acceptors (Lipinski definition) is 6. The van der Waals surface area contributed by atoms with Crippen molar-refractivity contribution in [3.8, 4) is 5.75 Å². The number of hydrogen-bond donors (Lipinski definition) is 0. The number of rotatable bonds is 10. The molecule has 1 fully saturated rings. The van der Waals surface area contributed by atoms with Crippen molar-refractivity contribution in [2.45, 2.75) is 52.2 Å². The minimum absolute atomic E-state index is 0.0411. The van der Waals surface area contributed by atoms with Crippen LogP contribution < -0.4 is 4.74 Å². The van der Waals surface area contributed by atoms with E-state index >= 15 is 0 Å². The van der Waals surface area contributed by atoms with Gasteiger partial charge in [-0.15, -0.1) is 6.58 Å². The minimum Gasteiger partial charge on any atom is -0.481 e. The van der Waals surface area contributed by atoms with Gasteiger partial charge in [0, 0.05) is 17.5 Å². The molecule has 7 heteroatoms. The Hall–Kier alpha value is -2.48.